The molecule has 1 aromatic rings. The molecule has 0 saturated heterocycles. The van der Waals surface area contributed by atoms with E-state index in [1.165, 1.54) is 32.1 Å². The quantitative estimate of drug-likeness (QED) is 0.513. The van der Waals surface area contributed by atoms with Gasteiger partial charge in [0, 0.05) is 0 Å². The SMILES string of the molecule is [H-].[Li+].c1ccc2c(c1)CC1=C2CCCC1. The van der Waals surface area contributed by atoms with Gasteiger partial charge in [0.25, 0.3) is 0 Å². The minimum atomic E-state index is 0. The Morgan fingerprint density at radius 3 is 2.71 bits per heavy atom. The number of hydrogen-bond donors (Lipinski definition) is 0. The summed E-state index contributed by atoms with van der Waals surface area (Å²) in [5.41, 5.74) is 6.53. The normalized spacial score (nSPS) is 18.6. The number of fused-ring (bicyclic) bond motifs is 2. The molecule has 0 aliphatic heterocycles. The Balaban J connectivity index is 0.000000562. The second-order valence-electron chi connectivity index (χ2n) is 4.12. The molecule has 0 radical (unpaired) electrons. The molecule has 0 saturated carbocycles. The number of allylic oxidation sites excluding steroid dienone is 2. The number of hydrogen-bond acceptors (Lipinski definition) is 0. The van der Waals surface area contributed by atoms with Crippen LogP contribution in [-0.2, 0) is 6.42 Å². The molecular formula is C13H15Li. The first-order valence-electron chi connectivity index (χ1n) is 5.24. The van der Waals surface area contributed by atoms with Crippen molar-refractivity contribution in [3.63, 3.8) is 0 Å². The largest absolute Gasteiger partial charge is 1.00 e. The second kappa shape index (κ2) is 3.97. The van der Waals surface area contributed by atoms with E-state index < -0.39 is 0 Å². The summed E-state index contributed by atoms with van der Waals surface area (Å²) in [6.45, 7) is 0. The molecular weight excluding hydrogens is 163 g/mol. The summed E-state index contributed by atoms with van der Waals surface area (Å²) in [4.78, 5) is 0. The van der Waals surface area contributed by atoms with Crippen LogP contribution < -0.4 is 18.9 Å². The van der Waals surface area contributed by atoms with Crippen LogP contribution in [0.5, 0.6) is 0 Å². The van der Waals surface area contributed by atoms with Crippen LogP contribution in [-0.4, -0.2) is 0 Å². The summed E-state index contributed by atoms with van der Waals surface area (Å²) in [6.07, 6.45) is 6.72. The zero-order valence-electron chi connectivity index (χ0n) is 9.84. The van der Waals surface area contributed by atoms with Crippen molar-refractivity contribution in [2.24, 2.45) is 0 Å². The number of benzene rings is 1. The molecule has 0 spiro atoms. The molecule has 0 nitrogen and oxygen atoms in total. The summed E-state index contributed by atoms with van der Waals surface area (Å²) in [7, 11) is 0. The first-order valence-corrected chi connectivity index (χ1v) is 5.24. The molecule has 0 N–H and O–H groups in total. The monoisotopic (exact) mass is 178 g/mol. The molecule has 0 bridgehead atoms. The van der Waals surface area contributed by atoms with Gasteiger partial charge in [-0.05, 0) is 48.8 Å². The second-order valence-corrected chi connectivity index (χ2v) is 4.12. The van der Waals surface area contributed by atoms with Gasteiger partial charge in [-0.25, -0.2) is 0 Å². The van der Waals surface area contributed by atoms with Crippen LogP contribution in [0.3, 0.4) is 0 Å². The molecule has 0 atom stereocenters. The summed E-state index contributed by atoms with van der Waals surface area (Å²) in [5, 5.41) is 0. The average Bonchev–Trinajstić information content (AvgIpc) is 2.56. The van der Waals surface area contributed by atoms with E-state index in [9.17, 15) is 0 Å². The van der Waals surface area contributed by atoms with Crippen molar-refractivity contribution in [2.75, 3.05) is 0 Å². The summed E-state index contributed by atoms with van der Waals surface area (Å²) >= 11 is 0. The van der Waals surface area contributed by atoms with Crippen LogP contribution in [0.2, 0.25) is 0 Å². The van der Waals surface area contributed by atoms with E-state index in [1.54, 1.807) is 22.3 Å². The van der Waals surface area contributed by atoms with Gasteiger partial charge in [0.15, 0.2) is 0 Å². The standard InChI is InChI=1S/C13H14.Li.H/c1-3-7-12-10(5-1)9-11-6-2-4-8-13(11)12;;/h1,3,5,7H,2,4,6,8-9H2;;/q;+1;-1. The van der Waals surface area contributed by atoms with Gasteiger partial charge < -0.3 is 1.43 Å². The Hall–Kier alpha value is -0.443. The molecule has 0 heterocycles. The van der Waals surface area contributed by atoms with E-state index in [-0.39, 0.29) is 20.3 Å². The zero-order chi connectivity index (χ0) is 8.67. The predicted molar refractivity (Wildman–Crippen MR) is 56.6 cm³/mol. The van der Waals surface area contributed by atoms with E-state index >= 15 is 0 Å². The van der Waals surface area contributed by atoms with Gasteiger partial charge >= 0.3 is 18.9 Å². The maximum atomic E-state index is 2.29. The first kappa shape index (κ1) is 10.1. The Kier molecular flexibility index (Phi) is 2.86. The van der Waals surface area contributed by atoms with E-state index in [2.05, 4.69) is 24.3 Å². The minimum absolute atomic E-state index is 0. The van der Waals surface area contributed by atoms with Crippen molar-refractivity contribution in [1.29, 1.82) is 0 Å². The van der Waals surface area contributed by atoms with Crippen molar-refractivity contribution in [1.82, 2.24) is 0 Å². The molecule has 0 fully saturated rings. The Bertz CT molecular complexity index is 382. The van der Waals surface area contributed by atoms with Crippen molar-refractivity contribution in [3.8, 4) is 0 Å². The molecule has 1 aromatic carbocycles. The van der Waals surface area contributed by atoms with Crippen molar-refractivity contribution >= 4 is 5.57 Å². The van der Waals surface area contributed by atoms with E-state index in [4.69, 9.17) is 0 Å². The van der Waals surface area contributed by atoms with Crippen LogP contribution in [0.15, 0.2) is 29.8 Å². The molecule has 68 valence electrons. The molecule has 0 aromatic heterocycles. The number of rotatable bonds is 0. The van der Waals surface area contributed by atoms with E-state index in [0.717, 1.165) is 0 Å². The van der Waals surface area contributed by atoms with Crippen molar-refractivity contribution < 1.29 is 20.3 Å². The first-order chi connectivity index (χ1) is 6.45. The van der Waals surface area contributed by atoms with Gasteiger partial charge in [-0.1, -0.05) is 29.8 Å². The molecule has 0 amide bonds. The van der Waals surface area contributed by atoms with Crippen LogP contribution >= 0.6 is 0 Å². The molecule has 3 rings (SSSR count). The zero-order valence-corrected chi connectivity index (χ0v) is 8.84. The van der Waals surface area contributed by atoms with Gasteiger partial charge in [0.05, 0.1) is 0 Å². The Labute approximate surface area is 99.1 Å². The summed E-state index contributed by atoms with van der Waals surface area (Å²) < 4.78 is 0. The topological polar surface area (TPSA) is 0 Å². The fourth-order valence-corrected chi connectivity index (χ4v) is 2.69. The fourth-order valence-electron chi connectivity index (χ4n) is 2.69. The maximum absolute atomic E-state index is 2.29. The summed E-state index contributed by atoms with van der Waals surface area (Å²) in [6, 6.07) is 8.91. The van der Waals surface area contributed by atoms with Gasteiger partial charge in [-0.3, -0.25) is 0 Å². The van der Waals surface area contributed by atoms with Gasteiger partial charge in [0.1, 0.15) is 0 Å². The predicted octanol–water partition coefficient (Wildman–Crippen LogP) is 0.687. The van der Waals surface area contributed by atoms with Crippen LogP contribution in [0, 0.1) is 0 Å². The van der Waals surface area contributed by atoms with Crippen molar-refractivity contribution in [3.05, 3.63) is 41.0 Å². The molecule has 2 aliphatic rings. The molecule has 1 heteroatoms. The Morgan fingerprint density at radius 2 is 1.79 bits per heavy atom. The van der Waals surface area contributed by atoms with Gasteiger partial charge in [-0.2, -0.15) is 0 Å². The van der Waals surface area contributed by atoms with Crippen molar-refractivity contribution in [2.45, 2.75) is 32.1 Å². The summed E-state index contributed by atoms with van der Waals surface area (Å²) in [5.74, 6) is 0. The third-order valence-corrected chi connectivity index (χ3v) is 3.33. The maximum Gasteiger partial charge on any atom is 1.00 e. The van der Waals surface area contributed by atoms with Crippen LogP contribution in [0.25, 0.3) is 5.57 Å². The third kappa shape index (κ3) is 1.47. The van der Waals surface area contributed by atoms with Gasteiger partial charge in [0.2, 0.25) is 0 Å². The molecule has 2 aliphatic carbocycles. The minimum Gasteiger partial charge on any atom is -1.00 e. The smallest absolute Gasteiger partial charge is 1.00 e. The van der Waals surface area contributed by atoms with Gasteiger partial charge in [-0.15, -0.1) is 0 Å². The van der Waals surface area contributed by atoms with Crippen LogP contribution in [0.1, 0.15) is 38.2 Å². The van der Waals surface area contributed by atoms with E-state index in [1.807, 2.05) is 0 Å². The fraction of sp³-hybridized carbons (Fsp3) is 0.385. The average molecular weight is 178 g/mol. The van der Waals surface area contributed by atoms with Crippen LogP contribution in [0.4, 0.5) is 0 Å². The molecule has 14 heavy (non-hydrogen) atoms. The Morgan fingerprint density at radius 1 is 1.00 bits per heavy atom. The molecule has 0 unspecified atom stereocenters. The third-order valence-electron chi connectivity index (χ3n) is 3.33. The van der Waals surface area contributed by atoms with E-state index in [0.29, 0.717) is 0 Å².